The van der Waals surface area contributed by atoms with Gasteiger partial charge in [0.1, 0.15) is 0 Å². The number of nitrogens with zero attached hydrogens (tertiary/aromatic N) is 1. The fourth-order valence-corrected chi connectivity index (χ4v) is 3.23. The van der Waals surface area contributed by atoms with Crippen LogP contribution in [0.5, 0.6) is 0 Å². The highest BCUT2D eigenvalue weighted by Crippen LogP contribution is 2.32. The predicted molar refractivity (Wildman–Crippen MR) is 94.0 cm³/mol. The minimum atomic E-state index is 0.0910. The molecule has 0 radical (unpaired) electrons. The fourth-order valence-electron chi connectivity index (χ4n) is 3.23. The van der Waals surface area contributed by atoms with Crippen molar-refractivity contribution in [2.45, 2.75) is 57.5 Å². The van der Waals surface area contributed by atoms with Crippen molar-refractivity contribution >= 4 is 5.96 Å². The molecule has 1 aliphatic rings. The lowest BCUT2D eigenvalue weighted by Crippen LogP contribution is -2.47. The number of hydrogen-bond acceptors (Lipinski definition) is 2. The summed E-state index contributed by atoms with van der Waals surface area (Å²) < 4.78 is 0. The van der Waals surface area contributed by atoms with E-state index >= 15 is 0 Å². The molecular formula is C18H30N4. The van der Waals surface area contributed by atoms with E-state index in [4.69, 9.17) is 5.73 Å². The van der Waals surface area contributed by atoms with Gasteiger partial charge in [0, 0.05) is 18.1 Å². The van der Waals surface area contributed by atoms with Gasteiger partial charge in [-0.25, -0.2) is 0 Å². The molecule has 0 saturated heterocycles. The molecule has 4 nitrogen and oxygen atoms in total. The molecule has 1 aliphatic carbocycles. The summed E-state index contributed by atoms with van der Waals surface area (Å²) in [5.41, 5.74) is 7.37. The Morgan fingerprint density at radius 3 is 2.59 bits per heavy atom. The van der Waals surface area contributed by atoms with Crippen LogP contribution >= 0.6 is 0 Å². The summed E-state index contributed by atoms with van der Waals surface area (Å²) in [5.74, 6) is 0.572. The van der Waals surface area contributed by atoms with E-state index in [-0.39, 0.29) is 5.54 Å². The van der Waals surface area contributed by atoms with Gasteiger partial charge in [0.25, 0.3) is 0 Å². The standard InChI is InChI=1S/C18H30N4/c1-3-13-20-17(19)21-14-18(11-7-8-12-18)22-15(2)16-9-5-4-6-10-16/h4-6,9-10,15,22H,3,7-8,11-14H2,1-2H3,(H3,19,20,21). The van der Waals surface area contributed by atoms with Crippen LogP contribution in [0.25, 0.3) is 0 Å². The van der Waals surface area contributed by atoms with Crippen molar-refractivity contribution in [2.24, 2.45) is 10.7 Å². The van der Waals surface area contributed by atoms with Crippen LogP contribution in [0.4, 0.5) is 0 Å². The van der Waals surface area contributed by atoms with Crippen LogP contribution in [0.2, 0.25) is 0 Å². The number of aliphatic imine (C=N–C) groups is 1. The first-order chi connectivity index (χ1) is 10.7. The Bertz CT molecular complexity index is 463. The monoisotopic (exact) mass is 302 g/mol. The first-order valence-electron chi connectivity index (χ1n) is 8.52. The molecule has 1 fully saturated rings. The maximum atomic E-state index is 5.95. The van der Waals surface area contributed by atoms with Gasteiger partial charge in [-0.3, -0.25) is 4.99 Å². The van der Waals surface area contributed by atoms with Gasteiger partial charge < -0.3 is 16.4 Å². The molecule has 4 heteroatoms. The van der Waals surface area contributed by atoms with Gasteiger partial charge in [0.05, 0.1) is 6.54 Å². The smallest absolute Gasteiger partial charge is 0.188 e. The summed E-state index contributed by atoms with van der Waals surface area (Å²) in [6, 6.07) is 11.0. The zero-order valence-electron chi connectivity index (χ0n) is 13.9. The van der Waals surface area contributed by atoms with E-state index in [2.05, 4.69) is 59.8 Å². The quantitative estimate of drug-likeness (QED) is 0.536. The maximum absolute atomic E-state index is 5.95. The second-order valence-corrected chi connectivity index (χ2v) is 6.39. The molecule has 0 amide bonds. The molecule has 2 rings (SSSR count). The zero-order chi connectivity index (χ0) is 15.8. The predicted octanol–water partition coefficient (Wildman–Crippen LogP) is 2.96. The van der Waals surface area contributed by atoms with Crippen LogP contribution in [0, 0.1) is 0 Å². The van der Waals surface area contributed by atoms with Gasteiger partial charge in [-0.1, -0.05) is 50.1 Å². The molecule has 1 aromatic carbocycles. The van der Waals surface area contributed by atoms with Crippen molar-refractivity contribution in [3.05, 3.63) is 35.9 Å². The van der Waals surface area contributed by atoms with Gasteiger partial charge in [0.15, 0.2) is 5.96 Å². The lowest BCUT2D eigenvalue weighted by molar-refractivity contribution is 0.307. The highest BCUT2D eigenvalue weighted by atomic mass is 15.1. The van der Waals surface area contributed by atoms with Crippen LogP contribution < -0.4 is 16.4 Å². The molecular weight excluding hydrogens is 272 g/mol. The third kappa shape index (κ3) is 4.73. The molecule has 22 heavy (non-hydrogen) atoms. The molecule has 1 saturated carbocycles. The highest BCUT2D eigenvalue weighted by molar-refractivity contribution is 5.77. The Kier molecular flexibility index (Phi) is 6.25. The molecule has 0 bridgehead atoms. The van der Waals surface area contributed by atoms with Gasteiger partial charge in [-0.15, -0.1) is 0 Å². The molecule has 0 aliphatic heterocycles. The lowest BCUT2D eigenvalue weighted by atomic mass is 9.95. The van der Waals surface area contributed by atoms with E-state index in [1.54, 1.807) is 0 Å². The van der Waals surface area contributed by atoms with Crippen LogP contribution in [-0.2, 0) is 0 Å². The van der Waals surface area contributed by atoms with Gasteiger partial charge in [0.2, 0.25) is 0 Å². The molecule has 4 N–H and O–H groups in total. The van der Waals surface area contributed by atoms with Gasteiger partial charge in [-0.05, 0) is 31.7 Å². The van der Waals surface area contributed by atoms with Crippen molar-refractivity contribution in [2.75, 3.05) is 13.1 Å². The minimum Gasteiger partial charge on any atom is -0.370 e. The second kappa shape index (κ2) is 8.18. The van der Waals surface area contributed by atoms with Crippen molar-refractivity contribution in [1.29, 1.82) is 0 Å². The molecule has 0 aromatic heterocycles. The van der Waals surface area contributed by atoms with Crippen molar-refractivity contribution in [3.8, 4) is 0 Å². The Morgan fingerprint density at radius 2 is 1.95 bits per heavy atom. The van der Waals surface area contributed by atoms with E-state index in [0.717, 1.165) is 19.5 Å². The van der Waals surface area contributed by atoms with Crippen molar-refractivity contribution in [3.63, 3.8) is 0 Å². The van der Waals surface area contributed by atoms with Gasteiger partial charge >= 0.3 is 0 Å². The number of benzene rings is 1. The Labute approximate surface area is 134 Å². The largest absolute Gasteiger partial charge is 0.370 e. The summed E-state index contributed by atoms with van der Waals surface area (Å²) in [6.45, 7) is 6.00. The third-order valence-electron chi connectivity index (χ3n) is 4.49. The summed E-state index contributed by atoms with van der Waals surface area (Å²) in [4.78, 5) is 4.58. The number of nitrogens with two attached hydrogens (primary N) is 1. The first kappa shape index (κ1) is 16.8. The van der Waals surface area contributed by atoms with E-state index in [1.165, 1.54) is 31.2 Å². The van der Waals surface area contributed by atoms with Crippen molar-refractivity contribution < 1.29 is 0 Å². The number of hydrogen-bond donors (Lipinski definition) is 3. The van der Waals surface area contributed by atoms with E-state index < -0.39 is 0 Å². The molecule has 0 spiro atoms. The molecule has 1 unspecified atom stereocenters. The number of nitrogens with one attached hydrogen (secondary N) is 2. The van der Waals surface area contributed by atoms with E-state index in [0.29, 0.717) is 12.0 Å². The van der Waals surface area contributed by atoms with E-state index in [1.807, 2.05) is 0 Å². The van der Waals surface area contributed by atoms with Gasteiger partial charge in [-0.2, -0.15) is 0 Å². The fraction of sp³-hybridized carbons (Fsp3) is 0.611. The maximum Gasteiger partial charge on any atom is 0.188 e. The molecule has 0 heterocycles. The van der Waals surface area contributed by atoms with Crippen LogP contribution in [0.3, 0.4) is 0 Å². The number of guanidine groups is 1. The lowest BCUT2D eigenvalue weighted by Gasteiger charge is -2.33. The number of rotatable bonds is 7. The summed E-state index contributed by atoms with van der Waals surface area (Å²) >= 11 is 0. The Morgan fingerprint density at radius 1 is 1.27 bits per heavy atom. The summed E-state index contributed by atoms with van der Waals surface area (Å²) in [7, 11) is 0. The molecule has 1 atom stereocenters. The van der Waals surface area contributed by atoms with Crippen LogP contribution in [-0.4, -0.2) is 24.6 Å². The normalized spacial score (nSPS) is 19.1. The highest BCUT2D eigenvalue weighted by Gasteiger charge is 2.34. The first-order valence-corrected chi connectivity index (χ1v) is 8.52. The average Bonchev–Trinajstić information content (AvgIpc) is 3.00. The zero-order valence-corrected chi connectivity index (χ0v) is 13.9. The van der Waals surface area contributed by atoms with Crippen LogP contribution in [0.15, 0.2) is 35.3 Å². The minimum absolute atomic E-state index is 0.0910. The summed E-state index contributed by atoms with van der Waals surface area (Å²) in [5, 5.41) is 6.99. The Hall–Kier alpha value is -1.55. The third-order valence-corrected chi connectivity index (χ3v) is 4.49. The second-order valence-electron chi connectivity index (χ2n) is 6.39. The topological polar surface area (TPSA) is 62.4 Å². The molecule has 1 aromatic rings. The van der Waals surface area contributed by atoms with E-state index in [9.17, 15) is 0 Å². The van der Waals surface area contributed by atoms with Crippen molar-refractivity contribution in [1.82, 2.24) is 10.6 Å². The Balaban J connectivity index is 1.99. The SMILES string of the molecule is CCCNC(N)=NCC1(NC(C)c2ccccc2)CCCC1. The summed E-state index contributed by atoms with van der Waals surface area (Å²) in [6.07, 6.45) is 5.95. The van der Waals surface area contributed by atoms with Crippen LogP contribution in [0.1, 0.15) is 57.6 Å². The average molecular weight is 302 g/mol. The molecule has 122 valence electrons.